The molecule has 0 saturated heterocycles. The van der Waals surface area contributed by atoms with E-state index < -0.39 is 5.54 Å². The smallest absolute Gasteiger partial charge is 0.239 e. The molecule has 4 nitrogen and oxygen atoms in total. The van der Waals surface area contributed by atoms with Gasteiger partial charge in [-0.15, -0.1) is 0 Å². The second-order valence-corrected chi connectivity index (χ2v) is 5.42. The van der Waals surface area contributed by atoms with Gasteiger partial charge in [0.2, 0.25) is 5.91 Å². The van der Waals surface area contributed by atoms with Gasteiger partial charge in [-0.2, -0.15) is 0 Å². The molecular weight excluding hydrogens is 247 g/mol. The number of carbonyl (C=O) groups is 1. The maximum absolute atomic E-state index is 13.4. The molecule has 1 aromatic rings. The summed E-state index contributed by atoms with van der Waals surface area (Å²) in [6, 6.07) is 4.11. The van der Waals surface area contributed by atoms with Crippen molar-refractivity contribution in [2.75, 3.05) is 6.61 Å². The topological polar surface area (TPSA) is 64.4 Å². The Balaban J connectivity index is 2.27. The van der Waals surface area contributed by atoms with E-state index in [-0.39, 0.29) is 17.8 Å². The zero-order valence-electron chi connectivity index (χ0n) is 11.2. The SMILES string of the molecule is CC(C)(N)C(=O)NC1CCCOc2ccc(F)cc21. The average Bonchev–Trinajstić information content (AvgIpc) is 2.51. The molecule has 1 amide bonds. The van der Waals surface area contributed by atoms with Crippen molar-refractivity contribution < 1.29 is 13.9 Å². The number of ether oxygens (including phenoxy) is 1. The first-order valence-electron chi connectivity index (χ1n) is 6.40. The van der Waals surface area contributed by atoms with Gasteiger partial charge in [0.05, 0.1) is 18.2 Å². The number of rotatable bonds is 2. The largest absolute Gasteiger partial charge is 0.493 e. The highest BCUT2D eigenvalue weighted by atomic mass is 19.1. The van der Waals surface area contributed by atoms with Gasteiger partial charge >= 0.3 is 0 Å². The highest BCUT2D eigenvalue weighted by Gasteiger charge is 2.27. The molecule has 1 aliphatic rings. The first-order chi connectivity index (χ1) is 8.88. The lowest BCUT2D eigenvalue weighted by molar-refractivity contribution is -0.126. The van der Waals surface area contributed by atoms with Crippen molar-refractivity contribution in [2.45, 2.75) is 38.3 Å². The van der Waals surface area contributed by atoms with Crippen LogP contribution >= 0.6 is 0 Å². The van der Waals surface area contributed by atoms with E-state index in [1.54, 1.807) is 19.9 Å². The van der Waals surface area contributed by atoms with Crippen LogP contribution in [0.3, 0.4) is 0 Å². The Morgan fingerprint density at radius 1 is 1.53 bits per heavy atom. The van der Waals surface area contributed by atoms with Gasteiger partial charge in [-0.05, 0) is 44.9 Å². The number of hydrogen-bond acceptors (Lipinski definition) is 3. The maximum atomic E-state index is 13.4. The molecule has 1 aromatic carbocycles. The van der Waals surface area contributed by atoms with Gasteiger partial charge in [-0.25, -0.2) is 4.39 Å². The lowest BCUT2D eigenvalue weighted by atomic mass is 9.99. The quantitative estimate of drug-likeness (QED) is 0.859. The predicted molar refractivity (Wildman–Crippen MR) is 70.3 cm³/mol. The van der Waals surface area contributed by atoms with Crippen molar-refractivity contribution in [1.82, 2.24) is 5.32 Å². The van der Waals surface area contributed by atoms with Gasteiger partial charge in [0, 0.05) is 5.56 Å². The van der Waals surface area contributed by atoms with Crippen LogP contribution in [-0.2, 0) is 4.79 Å². The molecule has 2 rings (SSSR count). The van der Waals surface area contributed by atoms with E-state index in [0.717, 1.165) is 6.42 Å². The summed E-state index contributed by atoms with van der Waals surface area (Å²) in [5.41, 5.74) is 5.49. The van der Waals surface area contributed by atoms with Crippen molar-refractivity contribution in [2.24, 2.45) is 5.73 Å². The third-order valence-electron chi connectivity index (χ3n) is 3.13. The minimum Gasteiger partial charge on any atom is -0.493 e. The third kappa shape index (κ3) is 3.23. The standard InChI is InChI=1S/C14H19FN2O2/c1-14(2,16)13(18)17-11-4-3-7-19-12-6-5-9(15)8-10(11)12/h5-6,8,11H,3-4,7,16H2,1-2H3,(H,17,18). The normalized spacial score (nSPS) is 19.1. The Labute approximate surface area is 112 Å². The van der Waals surface area contributed by atoms with Crippen molar-refractivity contribution in [3.05, 3.63) is 29.6 Å². The van der Waals surface area contributed by atoms with Crippen LogP contribution in [-0.4, -0.2) is 18.1 Å². The summed E-state index contributed by atoms with van der Waals surface area (Å²) in [6.07, 6.45) is 1.50. The number of amides is 1. The van der Waals surface area contributed by atoms with E-state index in [2.05, 4.69) is 5.32 Å². The van der Waals surface area contributed by atoms with Crippen LogP contribution < -0.4 is 15.8 Å². The fourth-order valence-corrected chi connectivity index (χ4v) is 2.04. The first-order valence-corrected chi connectivity index (χ1v) is 6.40. The summed E-state index contributed by atoms with van der Waals surface area (Å²) in [5, 5.41) is 2.87. The van der Waals surface area contributed by atoms with Gasteiger partial charge in [-0.1, -0.05) is 0 Å². The molecule has 1 aliphatic heterocycles. The van der Waals surface area contributed by atoms with Crippen molar-refractivity contribution >= 4 is 5.91 Å². The van der Waals surface area contributed by atoms with E-state index in [4.69, 9.17) is 10.5 Å². The fourth-order valence-electron chi connectivity index (χ4n) is 2.04. The van der Waals surface area contributed by atoms with E-state index in [1.165, 1.54) is 12.1 Å². The monoisotopic (exact) mass is 266 g/mol. The zero-order valence-corrected chi connectivity index (χ0v) is 11.2. The molecule has 0 bridgehead atoms. The maximum Gasteiger partial charge on any atom is 0.239 e. The van der Waals surface area contributed by atoms with Gasteiger partial charge < -0.3 is 15.8 Å². The molecule has 104 valence electrons. The second-order valence-electron chi connectivity index (χ2n) is 5.42. The summed E-state index contributed by atoms with van der Waals surface area (Å²) >= 11 is 0. The third-order valence-corrected chi connectivity index (χ3v) is 3.13. The number of nitrogens with two attached hydrogens (primary N) is 1. The lowest BCUT2D eigenvalue weighted by Gasteiger charge is -2.24. The van der Waals surface area contributed by atoms with Gasteiger partial charge in [0.25, 0.3) is 0 Å². The lowest BCUT2D eigenvalue weighted by Crippen LogP contribution is -2.50. The summed E-state index contributed by atoms with van der Waals surface area (Å²) in [7, 11) is 0. The molecule has 3 N–H and O–H groups in total. The summed E-state index contributed by atoms with van der Waals surface area (Å²) < 4.78 is 18.9. The Morgan fingerprint density at radius 2 is 2.26 bits per heavy atom. The van der Waals surface area contributed by atoms with E-state index >= 15 is 0 Å². The molecular formula is C14H19FN2O2. The van der Waals surface area contributed by atoms with Crippen LogP contribution in [0.1, 0.15) is 38.3 Å². The number of hydrogen-bond donors (Lipinski definition) is 2. The molecule has 1 unspecified atom stereocenters. The van der Waals surface area contributed by atoms with Crippen LogP contribution in [0.4, 0.5) is 4.39 Å². The number of benzene rings is 1. The zero-order chi connectivity index (χ0) is 14.0. The number of carbonyl (C=O) groups excluding carboxylic acids is 1. The first kappa shape index (κ1) is 13.8. The van der Waals surface area contributed by atoms with Crippen LogP contribution in [0, 0.1) is 5.82 Å². The fraction of sp³-hybridized carbons (Fsp3) is 0.500. The van der Waals surface area contributed by atoms with Crippen LogP contribution in [0.2, 0.25) is 0 Å². The molecule has 0 aliphatic carbocycles. The van der Waals surface area contributed by atoms with Crippen molar-refractivity contribution in [1.29, 1.82) is 0 Å². The molecule has 0 aromatic heterocycles. The molecule has 5 heteroatoms. The molecule has 0 fully saturated rings. The molecule has 0 spiro atoms. The van der Waals surface area contributed by atoms with Crippen LogP contribution in [0.15, 0.2) is 18.2 Å². The Bertz CT molecular complexity index is 483. The van der Waals surface area contributed by atoms with E-state index in [9.17, 15) is 9.18 Å². The van der Waals surface area contributed by atoms with Gasteiger partial charge in [0.1, 0.15) is 11.6 Å². The number of fused-ring (bicyclic) bond motifs is 1. The Kier molecular flexibility index (Phi) is 3.75. The summed E-state index contributed by atoms with van der Waals surface area (Å²) in [4.78, 5) is 12.0. The summed E-state index contributed by atoms with van der Waals surface area (Å²) in [5.74, 6) is 0.0316. The Hall–Kier alpha value is -1.62. The predicted octanol–water partition coefficient (Wildman–Crippen LogP) is 1.89. The highest BCUT2D eigenvalue weighted by molar-refractivity contribution is 5.85. The summed E-state index contributed by atoms with van der Waals surface area (Å²) in [6.45, 7) is 3.85. The molecule has 1 heterocycles. The molecule has 0 radical (unpaired) electrons. The average molecular weight is 266 g/mol. The number of halogens is 1. The highest BCUT2D eigenvalue weighted by Crippen LogP contribution is 2.32. The van der Waals surface area contributed by atoms with E-state index in [0.29, 0.717) is 24.3 Å². The van der Waals surface area contributed by atoms with Crippen LogP contribution in [0.5, 0.6) is 5.75 Å². The molecule has 0 saturated carbocycles. The van der Waals surface area contributed by atoms with Crippen molar-refractivity contribution in [3.8, 4) is 5.75 Å². The minimum absolute atomic E-state index is 0.255. The van der Waals surface area contributed by atoms with Gasteiger partial charge in [0.15, 0.2) is 0 Å². The van der Waals surface area contributed by atoms with Gasteiger partial charge in [-0.3, -0.25) is 4.79 Å². The van der Waals surface area contributed by atoms with E-state index in [1.807, 2.05) is 0 Å². The van der Waals surface area contributed by atoms with Crippen molar-refractivity contribution in [3.63, 3.8) is 0 Å². The number of nitrogens with one attached hydrogen (secondary N) is 1. The molecule has 19 heavy (non-hydrogen) atoms. The second kappa shape index (κ2) is 5.17. The minimum atomic E-state index is -0.958. The van der Waals surface area contributed by atoms with Crippen LogP contribution in [0.25, 0.3) is 0 Å². The Morgan fingerprint density at radius 3 is 2.95 bits per heavy atom. The molecule has 1 atom stereocenters.